The number of aliphatic imine (C=N–C) groups is 1. The number of Topliss-reactive ketones (excluding diaryl/α,β-unsaturated/α-hetero) is 1. The number of nitrogens with zero attached hydrogens (tertiary/aromatic N) is 1. The van der Waals surface area contributed by atoms with Crippen LogP contribution in [-0.2, 0) is 30.5 Å². The van der Waals surface area contributed by atoms with Crippen LogP contribution in [0.1, 0.15) is 93.0 Å². The topological polar surface area (TPSA) is 168 Å². The van der Waals surface area contributed by atoms with E-state index in [1.165, 1.54) is 20.0 Å². The molecule has 3 aliphatic rings. The highest BCUT2D eigenvalue weighted by atomic mass is 16.6. The Morgan fingerprint density at radius 3 is 2.64 bits per heavy atom. The summed E-state index contributed by atoms with van der Waals surface area (Å²) in [6.45, 7) is 5.60. The molecule has 0 amide bonds. The molecule has 0 radical (unpaired) electrons. The largest absolute Gasteiger partial charge is 0.504 e. The Morgan fingerprint density at radius 2 is 1.88 bits per heavy atom. The van der Waals surface area contributed by atoms with Crippen LogP contribution in [-0.4, -0.2) is 72.4 Å². The van der Waals surface area contributed by atoms with Gasteiger partial charge in [-0.15, -0.1) is 0 Å². The van der Waals surface area contributed by atoms with Crippen molar-refractivity contribution in [3.05, 3.63) is 46.0 Å². The van der Waals surface area contributed by atoms with Crippen LogP contribution < -0.4 is 30.6 Å². The Labute approximate surface area is 296 Å². The number of hydrogen-bond donors (Lipinski definition) is 6. The Hall–Kier alpha value is -3.98. The molecular formula is C39H54N4O7. The van der Waals surface area contributed by atoms with Gasteiger partial charge in [-0.05, 0) is 68.1 Å². The molecule has 3 unspecified atom stereocenters. The molecule has 1 heterocycles. The fourth-order valence-electron chi connectivity index (χ4n) is 7.02. The van der Waals surface area contributed by atoms with Gasteiger partial charge in [0.15, 0.2) is 29.0 Å². The number of guanidine groups is 1. The highest BCUT2D eigenvalue weighted by Crippen LogP contribution is 2.44. The van der Waals surface area contributed by atoms with E-state index in [4.69, 9.17) is 19.9 Å². The minimum atomic E-state index is -1.08. The summed E-state index contributed by atoms with van der Waals surface area (Å²) >= 11 is 0. The predicted molar refractivity (Wildman–Crippen MR) is 193 cm³/mol. The Balaban J connectivity index is 1.50. The standard InChI is InChI=1S/C39H54N4O7/c1-24(2)22-42-39(40)41-18-17-28-20-33-26-12-15-31(45)21-30(44)14-11-25-13-16-34(46)36(48-3)32(25)10-6-7-27(19-26)35(37(33)50-38(28)47)49-23-43-29-8-4-5-9-29/h13,16,19,24,28-29,31,38,43,45-47H,4-5,7-9,11-12,14-15,17-18,20-23H2,1-3H3,(H3,40,41,42). The first kappa shape index (κ1) is 37.3. The normalized spacial score (nSPS) is 21.6. The maximum Gasteiger partial charge on any atom is 0.200 e. The third-order valence-corrected chi connectivity index (χ3v) is 9.81. The Morgan fingerprint density at radius 1 is 1.08 bits per heavy atom. The summed E-state index contributed by atoms with van der Waals surface area (Å²) < 4.78 is 18.3. The van der Waals surface area contributed by atoms with Gasteiger partial charge in [-0.1, -0.05) is 50.7 Å². The fourth-order valence-corrected chi connectivity index (χ4v) is 7.02. The first-order chi connectivity index (χ1) is 24.1. The number of phenols is 1. The molecule has 1 saturated carbocycles. The van der Waals surface area contributed by atoms with Crippen molar-refractivity contribution in [2.24, 2.45) is 22.6 Å². The van der Waals surface area contributed by atoms with Crippen molar-refractivity contribution in [2.45, 2.75) is 109 Å². The smallest absolute Gasteiger partial charge is 0.200 e. The number of rotatable bonds is 10. The number of nitrogens with two attached hydrogens (primary N) is 1. The summed E-state index contributed by atoms with van der Waals surface area (Å²) in [7, 11) is 1.48. The number of fused-ring (bicyclic) bond motifs is 5. The van der Waals surface area contributed by atoms with Crippen molar-refractivity contribution >= 4 is 11.7 Å². The van der Waals surface area contributed by atoms with E-state index in [0.717, 1.165) is 35.1 Å². The van der Waals surface area contributed by atoms with Crippen LogP contribution in [0.15, 0.2) is 23.2 Å². The van der Waals surface area contributed by atoms with Gasteiger partial charge in [0.05, 0.1) is 18.8 Å². The van der Waals surface area contributed by atoms with Crippen molar-refractivity contribution < 1.29 is 34.3 Å². The number of carbonyl (C=O) groups excluding carboxylic acids is 1. The predicted octanol–water partition coefficient (Wildman–Crippen LogP) is 3.88. The van der Waals surface area contributed by atoms with Crippen LogP contribution >= 0.6 is 0 Å². The number of phenolic OH excluding ortho intramolecular Hbond substituents is 1. The average Bonchev–Trinajstić information content (AvgIpc) is 3.60. The lowest BCUT2D eigenvalue weighted by Crippen LogP contribution is -2.38. The van der Waals surface area contributed by atoms with Crippen molar-refractivity contribution in [2.75, 3.05) is 26.9 Å². The first-order valence-electron chi connectivity index (χ1n) is 18.1. The van der Waals surface area contributed by atoms with Crippen molar-refractivity contribution in [1.82, 2.24) is 10.6 Å². The second-order valence-electron chi connectivity index (χ2n) is 14.2. The third kappa shape index (κ3) is 9.83. The SMILES string of the molecule is COc1c(O)ccc2c1C#CCc1cc(c3c(c1OCNC1CCCC1)OC(O)C(CCNC(N)=NCC(C)C)C3)CCC(O)CC(=O)CC2. The fraction of sp³-hybridized carbons (Fsp3) is 0.590. The monoisotopic (exact) mass is 690 g/mol. The van der Waals surface area contributed by atoms with Crippen molar-refractivity contribution in [3.8, 4) is 34.8 Å². The molecule has 5 rings (SSSR count). The minimum Gasteiger partial charge on any atom is -0.504 e. The first-order valence-corrected chi connectivity index (χ1v) is 18.1. The molecule has 272 valence electrons. The van der Waals surface area contributed by atoms with Crippen molar-refractivity contribution in [3.63, 3.8) is 0 Å². The number of ketones is 1. The molecule has 2 aromatic carbocycles. The number of aliphatic hydroxyl groups excluding tert-OH is 2. The molecule has 2 aromatic rings. The van der Waals surface area contributed by atoms with E-state index in [1.807, 2.05) is 0 Å². The van der Waals surface area contributed by atoms with E-state index >= 15 is 0 Å². The number of nitrogens with one attached hydrogen (secondary N) is 2. The molecule has 0 spiro atoms. The molecule has 2 aliphatic carbocycles. The second kappa shape index (κ2) is 17.8. The van der Waals surface area contributed by atoms with Crippen LogP contribution in [0.5, 0.6) is 23.0 Å². The van der Waals surface area contributed by atoms with Crippen LogP contribution in [0.25, 0.3) is 0 Å². The highest BCUT2D eigenvalue weighted by Gasteiger charge is 2.34. The lowest BCUT2D eigenvalue weighted by molar-refractivity contribution is -0.121. The summed E-state index contributed by atoms with van der Waals surface area (Å²) in [5, 5.41) is 39.5. The lowest BCUT2D eigenvalue weighted by atomic mass is 9.86. The number of hydrogen-bond acceptors (Lipinski definition) is 9. The molecule has 11 nitrogen and oxygen atoms in total. The zero-order valence-corrected chi connectivity index (χ0v) is 29.7. The summed E-state index contributed by atoms with van der Waals surface area (Å²) in [6, 6.07) is 5.77. The third-order valence-electron chi connectivity index (χ3n) is 9.81. The summed E-state index contributed by atoms with van der Waals surface area (Å²) in [5.41, 5.74) is 10.1. The van der Waals surface area contributed by atoms with Gasteiger partial charge in [-0.3, -0.25) is 15.1 Å². The van der Waals surface area contributed by atoms with E-state index < -0.39 is 12.4 Å². The lowest BCUT2D eigenvalue weighted by Gasteiger charge is -2.34. The number of aromatic hydroxyl groups is 1. The van der Waals surface area contributed by atoms with Gasteiger partial charge in [-0.25, -0.2) is 0 Å². The van der Waals surface area contributed by atoms with Crippen LogP contribution in [0.4, 0.5) is 0 Å². The zero-order valence-electron chi connectivity index (χ0n) is 29.7. The molecule has 1 fully saturated rings. The summed E-state index contributed by atoms with van der Waals surface area (Å²) in [4.78, 5) is 17.3. The van der Waals surface area contributed by atoms with E-state index in [0.29, 0.717) is 86.6 Å². The van der Waals surface area contributed by atoms with E-state index in [1.54, 1.807) is 12.1 Å². The number of methoxy groups -OCH3 is 1. The number of benzene rings is 2. The van der Waals surface area contributed by atoms with E-state index in [9.17, 15) is 20.1 Å². The maximum atomic E-state index is 12.9. The van der Waals surface area contributed by atoms with Crippen LogP contribution in [0, 0.1) is 23.7 Å². The van der Waals surface area contributed by atoms with E-state index in [-0.39, 0.29) is 42.8 Å². The molecular weight excluding hydrogens is 636 g/mol. The van der Waals surface area contributed by atoms with Crippen LogP contribution in [0.3, 0.4) is 0 Å². The van der Waals surface area contributed by atoms with Gasteiger partial charge in [0.2, 0.25) is 6.29 Å². The highest BCUT2D eigenvalue weighted by molar-refractivity contribution is 5.79. The maximum absolute atomic E-state index is 12.9. The molecule has 50 heavy (non-hydrogen) atoms. The summed E-state index contributed by atoms with van der Waals surface area (Å²) in [6.07, 6.45) is 5.73. The molecule has 7 N–H and O–H groups in total. The van der Waals surface area contributed by atoms with Gasteiger partial charge in [-0.2, -0.15) is 0 Å². The second-order valence-corrected chi connectivity index (χ2v) is 14.2. The molecule has 0 aromatic heterocycles. The summed E-state index contributed by atoms with van der Waals surface area (Å²) in [5.74, 6) is 8.25. The van der Waals surface area contributed by atoms with Gasteiger partial charge in [0, 0.05) is 55.4 Å². The molecule has 3 atom stereocenters. The molecule has 1 aliphatic heterocycles. The number of aryl methyl sites for hydroxylation is 2. The van der Waals surface area contributed by atoms with Gasteiger partial charge >= 0.3 is 0 Å². The van der Waals surface area contributed by atoms with Crippen molar-refractivity contribution in [1.29, 1.82) is 0 Å². The molecule has 2 bridgehead atoms. The van der Waals surface area contributed by atoms with Crippen LogP contribution in [0.2, 0.25) is 0 Å². The quantitative estimate of drug-likeness (QED) is 0.0932. The van der Waals surface area contributed by atoms with Gasteiger partial charge in [0.25, 0.3) is 0 Å². The van der Waals surface area contributed by atoms with Gasteiger partial charge < -0.3 is 40.6 Å². The average molecular weight is 691 g/mol. The number of carbonyl (C=O) groups is 1. The van der Waals surface area contributed by atoms with E-state index in [2.05, 4.69) is 47.4 Å². The molecule has 11 heteroatoms. The molecule has 0 saturated heterocycles. The zero-order chi connectivity index (χ0) is 35.6. The Bertz CT molecular complexity index is 1570. The van der Waals surface area contributed by atoms with Gasteiger partial charge in [0.1, 0.15) is 12.5 Å². The minimum absolute atomic E-state index is 0.0315. The number of ether oxygens (including phenoxy) is 3. The Kier molecular flexibility index (Phi) is 13.3. The number of aliphatic hydroxyl groups is 2.